The molecule has 3 heteroatoms. The van der Waals surface area contributed by atoms with E-state index in [0.29, 0.717) is 31.0 Å². The second kappa shape index (κ2) is 9.60. The normalized spacial score (nSPS) is 11.0. The minimum atomic E-state index is -0.225. The molecule has 0 unspecified atom stereocenters. The highest BCUT2D eigenvalue weighted by molar-refractivity contribution is 5.80. The van der Waals surface area contributed by atoms with E-state index in [1.807, 2.05) is 33.8 Å². The lowest BCUT2D eigenvalue weighted by molar-refractivity contribution is -0.122. The van der Waals surface area contributed by atoms with Gasteiger partial charge in [0, 0.05) is 12.3 Å². The van der Waals surface area contributed by atoms with Crippen molar-refractivity contribution in [3.8, 4) is 5.75 Å². The number of carbonyl (C=O) groups excluding carboxylic acids is 1. The van der Waals surface area contributed by atoms with E-state index in [1.54, 1.807) is 6.07 Å². The van der Waals surface area contributed by atoms with Crippen molar-refractivity contribution in [1.29, 1.82) is 0 Å². The van der Waals surface area contributed by atoms with Gasteiger partial charge in [0.1, 0.15) is 5.78 Å². The Bertz CT molecular complexity index is 481. The van der Waals surface area contributed by atoms with Gasteiger partial charge in [0.2, 0.25) is 0 Å². The zero-order chi connectivity index (χ0) is 16.5. The van der Waals surface area contributed by atoms with Crippen LogP contribution in [0.1, 0.15) is 64.0 Å². The number of rotatable bonds is 10. The Morgan fingerprint density at radius 3 is 2.59 bits per heavy atom. The molecule has 22 heavy (non-hydrogen) atoms. The second-order valence-electron chi connectivity index (χ2n) is 6.27. The van der Waals surface area contributed by atoms with Gasteiger partial charge in [-0.2, -0.15) is 0 Å². The van der Waals surface area contributed by atoms with Crippen LogP contribution in [0.5, 0.6) is 5.75 Å². The largest absolute Gasteiger partial charge is 0.491 e. The quantitative estimate of drug-likeness (QED) is 0.552. The molecule has 0 radical (unpaired) electrons. The zero-order valence-electron chi connectivity index (χ0n) is 14.4. The Labute approximate surface area is 134 Å². The Morgan fingerprint density at radius 1 is 1.23 bits per heavy atom. The van der Waals surface area contributed by atoms with Crippen LogP contribution in [0.4, 0.5) is 4.39 Å². The first kappa shape index (κ1) is 18.7. The maximum atomic E-state index is 14.3. The molecule has 1 aromatic rings. The maximum Gasteiger partial charge on any atom is 0.168 e. The zero-order valence-corrected chi connectivity index (χ0v) is 14.4. The van der Waals surface area contributed by atoms with Crippen molar-refractivity contribution < 1.29 is 13.9 Å². The summed E-state index contributed by atoms with van der Waals surface area (Å²) < 4.78 is 19.8. The minimum absolute atomic E-state index is 0.118. The van der Waals surface area contributed by atoms with E-state index >= 15 is 0 Å². The summed E-state index contributed by atoms with van der Waals surface area (Å²) in [6.07, 6.45) is 4.96. The number of unbranched alkanes of at least 4 members (excludes halogenated alkanes) is 2. The van der Waals surface area contributed by atoms with Crippen molar-refractivity contribution in [3.05, 3.63) is 29.1 Å². The summed E-state index contributed by atoms with van der Waals surface area (Å²) in [6, 6.07) is 3.66. The number of carbonyl (C=O) groups is 1. The lowest BCUT2D eigenvalue weighted by atomic mass is 10.00. The molecule has 1 aromatic carbocycles. The van der Waals surface area contributed by atoms with Gasteiger partial charge in [0.15, 0.2) is 11.6 Å². The van der Waals surface area contributed by atoms with E-state index in [4.69, 9.17) is 4.74 Å². The van der Waals surface area contributed by atoms with Crippen LogP contribution in [0.2, 0.25) is 0 Å². The summed E-state index contributed by atoms with van der Waals surface area (Å²) in [5.74, 6) is 0.577. The lowest BCUT2D eigenvalue weighted by Crippen LogP contribution is -2.06. The number of ether oxygens (including phenoxy) is 1. The predicted molar refractivity (Wildman–Crippen MR) is 88.9 cm³/mol. The van der Waals surface area contributed by atoms with Crippen LogP contribution in [0.15, 0.2) is 12.1 Å². The van der Waals surface area contributed by atoms with E-state index in [9.17, 15) is 9.18 Å². The summed E-state index contributed by atoms with van der Waals surface area (Å²) in [4.78, 5) is 11.5. The molecule has 2 nitrogen and oxygen atoms in total. The monoisotopic (exact) mass is 308 g/mol. The molecule has 0 fully saturated rings. The van der Waals surface area contributed by atoms with Crippen LogP contribution in [0.25, 0.3) is 0 Å². The Hall–Kier alpha value is -1.38. The molecular formula is C19H29FO2. The number of aryl methyl sites for hydroxylation is 2. The summed E-state index contributed by atoms with van der Waals surface area (Å²) in [6.45, 7) is 8.37. The number of Topliss-reactive ketones (excluding diaryl/α,β-unsaturated/α-hetero) is 1. The van der Waals surface area contributed by atoms with Gasteiger partial charge in [-0.15, -0.1) is 0 Å². The Kier molecular flexibility index (Phi) is 8.15. The number of hydrogen-bond acceptors (Lipinski definition) is 2. The second-order valence-corrected chi connectivity index (χ2v) is 6.27. The SMILES string of the molecule is CCCOc1cc(C)cc(CCCCCC(=O)C(C)C)c1F. The van der Waals surface area contributed by atoms with Gasteiger partial charge in [-0.25, -0.2) is 4.39 Å². The molecule has 0 atom stereocenters. The molecule has 0 amide bonds. The summed E-state index contributed by atoms with van der Waals surface area (Å²) >= 11 is 0. The van der Waals surface area contributed by atoms with Gasteiger partial charge in [-0.05, 0) is 49.8 Å². The van der Waals surface area contributed by atoms with Crippen LogP contribution >= 0.6 is 0 Å². The molecule has 0 aliphatic heterocycles. The van der Waals surface area contributed by atoms with Crippen LogP contribution < -0.4 is 4.74 Å². The van der Waals surface area contributed by atoms with Crippen LogP contribution in [-0.4, -0.2) is 12.4 Å². The topological polar surface area (TPSA) is 26.3 Å². The van der Waals surface area contributed by atoms with Crippen molar-refractivity contribution >= 4 is 5.78 Å². The average Bonchev–Trinajstić information content (AvgIpc) is 2.47. The van der Waals surface area contributed by atoms with Gasteiger partial charge in [0.05, 0.1) is 6.61 Å². The van der Waals surface area contributed by atoms with Crippen molar-refractivity contribution in [1.82, 2.24) is 0 Å². The van der Waals surface area contributed by atoms with Crippen molar-refractivity contribution in [2.45, 2.75) is 66.2 Å². The van der Waals surface area contributed by atoms with Crippen LogP contribution in [0.3, 0.4) is 0 Å². The van der Waals surface area contributed by atoms with E-state index in [1.165, 1.54) is 0 Å². The molecule has 0 saturated carbocycles. The summed E-state index contributed by atoms with van der Waals surface area (Å²) in [5.41, 5.74) is 1.75. The van der Waals surface area contributed by atoms with Crippen molar-refractivity contribution in [2.24, 2.45) is 5.92 Å². The fourth-order valence-electron chi connectivity index (χ4n) is 2.39. The molecular weight excluding hydrogens is 279 g/mol. The summed E-state index contributed by atoms with van der Waals surface area (Å²) in [7, 11) is 0. The lowest BCUT2D eigenvalue weighted by Gasteiger charge is -2.11. The Balaban J connectivity index is 2.48. The van der Waals surface area contributed by atoms with Gasteiger partial charge in [0.25, 0.3) is 0 Å². The number of hydrogen-bond donors (Lipinski definition) is 0. The molecule has 0 saturated heterocycles. The van der Waals surface area contributed by atoms with Gasteiger partial charge in [-0.3, -0.25) is 4.79 Å². The summed E-state index contributed by atoms with van der Waals surface area (Å²) in [5, 5.41) is 0. The van der Waals surface area contributed by atoms with Crippen molar-refractivity contribution in [2.75, 3.05) is 6.61 Å². The van der Waals surface area contributed by atoms with Crippen LogP contribution in [0, 0.1) is 18.7 Å². The van der Waals surface area contributed by atoms with Gasteiger partial charge >= 0.3 is 0 Å². The third-order valence-corrected chi connectivity index (χ3v) is 3.73. The highest BCUT2D eigenvalue weighted by Crippen LogP contribution is 2.25. The average molecular weight is 308 g/mol. The van der Waals surface area contributed by atoms with E-state index < -0.39 is 0 Å². The molecule has 0 N–H and O–H groups in total. The molecule has 0 aliphatic rings. The molecule has 0 bridgehead atoms. The van der Waals surface area contributed by atoms with Gasteiger partial charge < -0.3 is 4.74 Å². The van der Waals surface area contributed by atoms with E-state index in [-0.39, 0.29) is 11.7 Å². The highest BCUT2D eigenvalue weighted by Gasteiger charge is 2.11. The molecule has 124 valence electrons. The predicted octanol–water partition coefficient (Wildman–Crippen LogP) is 5.25. The standard InChI is InChI=1S/C19H29FO2/c1-5-11-22-18-13-15(4)12-16(19(18)20)9-7-6-8-10-17(21)14(2)3/h12-14H,5-11H2,1-4H3. The van der Waals surface area contributed by atoms with E-state index in [0.717, 1.165) is 36.8 Å². The minimum Gasteiger partial charge on any atom is -0.491 e. The first-order valence-electron chi connectivity index (χ1n) is 8.40. The third-order valence-electron chi connectivity index (χ3n) is 3.73. The fourth-order valence-corrected chi connectivity index (χ4v) is 2.39. The number of benzene rings is 1. The molecule has 0 aromatic heterocycles. The molecule has 0 aliphatic carbocycles. The Morgan fingerprint density at radius 2 is 1.95 bits per heavy atom. The third kappa shape index (κ3) is 6.17. The highest BCUT2D eigenvalue weighted by atomic mass is 19.1. The van der Waals surface area contributed by atoms with Crippen LogP contribution in [-0.2, 0) is 11.2 Å². The van der Waals surface area contributed by atoms with E-state index in [2.05, 4.69) is 0 Å². The molecule has 0 heterocycles. The fraction of sp³-hybridized carbons (Fsp3) is 0.632. The smallest absolute Gasteiger partial charge is 0.168 e. The number of halogens is 1. The molecule has 0 spiro atoms. The molecule has 1 rings (SSSR count). The maximum absolute atomic E-state index is 14.3. The first-order chi connectivity index (χ1) is 10.5. The first-order valence-corrected chi connectivity index (χ1v) is 8.40. The van der Waals surface area contributed by atoms with Gasteiger partial charge in [-0.1, -0.05) is 33.3 Å². The number of ketones is 1. The van der Waals surface area contributed by atoms with Crippen molar-refractivity contribution in [3.63, 3.8) is 0 Å².